The number of rotatable bonds is 5. The minimum atomic E-state index is -1.06. The van der Waals surface area contributed by atoms with Gasteiger partial charge in [0.2, 0.25) is 0 Å². The number of hydrogen-bond acceptors (Lipinski definition) is 4. The van der Waals surface area contributed by atoms with Crippen LogP contribution in [0, 0.1) is 0 Å². The third kappa shape index (κ3) is 3.51. The molecule has 5 heteroatoms. The fourth-order valence-corrected chi connectivity index (χ4v) is 1.68. The quantitative estimate of drug-likeness (QED) is 0.885. The third-order valence-electron chi connectivity index (χ3n) is 2.83. The predicted molar refractivity (Wildman–Crippen MR) is 72.4 cm³/mol. The van der Waals surface area contributed by atoms with Crippen molar-refractivity contribution in [3.63, 3.8) is 0 Å². The number of aromatic nitrogens is 2. The highest BCUT2D eigenvalue weighted by atomic mass is 16.4. The average molecular weight is 257 g/mol. The Balaban J connectivity index is 1.96. The van der Waals surface area contributed by atoms with Crippen molar-refractivity contribution in [3.8, 4) is 0 Å². The minimum Gasteiger partial charge on any atom is -0.476 e. The largest absolute Gasteiger partial charge is 0.476 e. The van der Waals surface area contributed by atoms with Crippen LogP contribution in [0.15, 0.2) is 42.7 Å². The molecule has 0 saturated carbocycles. The van der Waals surface area contributed by atoms with Gasteiger partial charge in [-0.25, -0.2) is 14.8 Å². The van der Waals surface area contributed by atoms with Crippen LogP contribution in [0.3, 0.4) is 0 Å². The van der Waals surface area contributed by atoms with Gasteiger partial charge in [-0.15, -0.1) is 0 Å². The first-order chi connectivity index (χ1) is 9.16. The number of carboxylic acids is 1. The molecule has 2 aromatic rings. The number of carboxylic acid groups (broad SMARTS) is 1. The van der Waals surface area contributed by atoms with E-state index in [0.29, 0.717) is 5.82 Å². The van der Waals surface area contributed by atoms with Crippen LogP contribution in [-0.2, 0) is 6.42 Å². The summed E-state index contributed by atoms with van der Waals surface area (Å²) in [4.78, 5) is 20.6. The third-order valence-corrected chi connectivity index (χ3v) is 2.83. The Morgan fingerprint density at radius 1 is 1.21 bits per heavy atom. The molecule has 1 aromatic heterocycles. The van der Waals surface area contributed by atoms with Crippen LogP contribution >= 0.6 is 0 Å². The van der Waals surface area contributed by atoms with Crippen molar-refractivity contribution in [3.05, 3.63) is 54.0 Å². The van der Waals surface area contributed by atoms with Gasteiger partial charge >= 0.3 is 5.97 Å². The first-order valence-electron chi connectivity index (χ1n) is 5.97. The van der Waals surface area contributed by atoms with E-state index in [0.717, 1.165) is 13.0 Å². The smallest absolute Gasteiger partial charge is 0.356 e. The normalized spacial score (nSPS) is 10.2. The maximum absolute atomic E-state index is 10.7. The van der Waals surface area contributed by atoms with Gasteiger partial charge in [0, 0.05) is 13.6 Å². The van der Waals surface area contributed by atoms with E-state index in [1.807, 2.05) is 30.1 Å². The predicted octanol–water partition coefficient (Wildman–Crippen LogP) is 1.85. The molecule has 0 saturated heterocycles. The Labute approximate surface area is 111 Å². The minimum absolute atomic E-state index is 0.0415. The van der Waals surface area contributed by atoms with Crippen LogP contribution in [0.4, 0.5) is 5.82 Å². The molecule has 0 radical (unpaired) electrons. The van der Waals surface area contributed by atoms with Crippen molar-refractivity contribution in [2.24, 2.45) is 0 Å². The van der Waals surface area contributed by atoms with Crippen LogP contribution in [0.25, 0.3) is 0 Å². The lowest BCUT2D eigenvalue weighted by atomic mass is 10.1. The molecule has 0 fully saturated rings. The molecule has 5 nitrogen and oxygen atoms in total. The summed E-state index contributed by atoms with van der Waals surface area (Å²) < 4.78 is 0. The fourth-order valence-electron chi connectivity index (χ4n) is 1.68. The second-order valence-corrected chi connectivity index (χ2v) is 4.22. The standard InChI is InChI=1S/C14H15N3O2/c1-17(8-7-11-5-3-2-4-6-11)13-10-15-12(9-16-13)14(18)19/h2-6,9-10H,7-8H2,1H3,(H,18,19). The SMILES string of the molecule is CN(CCc1ccccc1)c1cnc(C(=O)O)cn1. The molecule has 0 bridgehead atoms. The van der Waals surface area contributed by atoms with Crippen molar-refractivity contribution < 1.29 is 9.90 Å². The van der Waals surface area contributed by atoms with Crippen molar-refractivity contribution in [2.45, 2.75) is 6.42 Å². The van der Waals surface area contributed by atoms with Crippen molar-refractivity contribution >= 4 is 11.8 Å². The summed E-state index contributed by atoms with van der Waals surface area (Å²) in [5.74, 6) is -0.396. The maximum atomic E-state index is 10.7. The first kappa shape index (κ1) is 13.0. The molecule has 0 aliphatic heterocycles. The van der Waals surface area contributed by atoms with Crippen molar-refractivity contribution in [1.82, 2.24) is 9.97 Å². The van der Waals surface area contributed by atoms with Crippen LogP contribution in [-0.4, -0.2) is 34.6 Å². The van der Waals surface area contributed by atoms with E-state index in [4.69, 9.17) is 5.11 Å². The summed E-state index contributed by atoms with van der Waals surface area (Å²) in [5, 5.41) is 8.75. The molecule has 0 atom stereocenters. The summed E-state index contributed by atoms with van der Waals surface area (Å²) in [6.07, 6.45) is 3.66. The number of anilines is 1. The van der Waals surface area contributed by atoms with Crippen molar-refractivity contribution in [1.29, 1.82) is 0 Å². The topological polar surface area (TPSA) is 66.3 Å². The molecule has 1 N–H and O–H groups in total. The molecular weight excluding hydrogens is 242 g/mol. The summed E-state index contributed by atoms with van der Waals surface area (Å²) in [6.45, 7) is 0.797. The molecule has 1 aromatic carbocycles. The lowest BCUT2D eigenvalue weighted by Gasteiger charge is -2.17. The molecule has 2 rings (SSSR count). The van der Waals surface area contributed by atoms with Gasteiger partial charge in [-0.1, -0.05) is 30.3 Å². The van der Waals surface area contributed by atoms with Gasteiger partial charge in [-0.2, -0.15) is 0 Å². The van der Waals surface area contributed by atoms with Gasteiger partial charge < -0.3 is 10.0 Å². The second kappa shape index (κ2) is 5.95. The summed E-state index contributed by atoms with van der Waals surface area (Å²) >= 11 is 0. The molecule has 0 unspecified atom stereocenters. The molecule has 0 amide bonds. The maximum Gasteiger partial charge on any atom is 0.356 e. The molecule has 1 heterocycles. The zero-order valence-electron chi connectivity index (χ0n) is 10.7. The Bertz CT molecular complexity index is 540. The van der Waals surface area contributed by atoms with Crippen LogP contribution in [0.5, 0.6) is 0 Å². The Morgan fingerprint density at radius 2 is 1.95 bits per heavy atom. The van der Waals surface area contributed by atoms with Crippen LogP contribution < -0.4 is 4.90 Å². The summed E-state index contributed by atoms with van der Waals surface area (Å²) in [7, 11) is 1.91. The molecule has 98 valence electrons. The molecule has 0 aliphatic rings. The van der Waals surface area contributed by atoms with Crippen molar-refractivity contribution in [2.75, 3.05) is 18.5 Å². The summed E-state index contributed by atoms with van der Waals surface area (Å²) in [5.41, 5.74) is 1.21. The van der Waals surface area contributed by atoms with E-state index in [-0.39, 0.29) is 5.69 Å². The van der Waals surface area contributed by atoms with Gasteiger partial charge in [0.15, 0.2) is 5.69 Å². The number of carbonyl (C=O) groups is 1. The van der Waals surface area contributed by atoms with Crippen LogP contribution in [0.1, 0.15) is 16.1 Å². The van der Waals surface area contributed by atoms with E-state index < -0.39 is 5.97 Å². The monoisotopic (exact) mass is 257 g/mol. The van der Waals surface area contributed by atoms with Gasteiger partial charge in [0.05, 0.1) is 12.4 Å². The highest BCUT2D eigenvalue weighted by molar-refractivity contribution is 5.84. The Hall–Kier alpha value is -2.43. The highest BCUT2D eigenvalue weighted by Gasteiger charge is 2.07. The lowest BCUT2D eigenvalue weighted by molar-refractivity contribution is 0.0690. The second-order valence-electron chi connectivity index (χ2n) is 4.22. The zero-order valence-corrected chi connectivity index (χ0v) is 10.7. The van der Waals surface area contributed by atoms with Crippen LogP contribution in [0.2, 0.25) is 0 Å². The van der Waals surface area contributed by atoms with E-state index in [1.165, 1.54) is 18.0 Å². The van der Waals surface area contributed by atoms with Gasteiger partial charge in [-0.05, 0) is 12.0 Å². The first-order valence-corrected chi connectivity index (χ1v) is 5.97. The molecule has 0 aliphatic carbocycles. The van der Waals surface area contributed by atoms with Gasteiger partial charge in [-0.3, -0.25) is 0 Å². The fraction of sp³-hybridized carbons (Fsp3) is 0.214. The van der Waals surface area contributed by atoms with Gasteiger partial charge in [0.1, 0.15) is 5.82 Å². The summed E-state index contributed by atoms with van der Waals surface area (Å²) in [6, 6.07) is 10.2. The Morgan fingerprint density at radius 3 is 2.53 bits per heavy atom. The molecular formula is C14H15N3O2. The number of benzene rings is 1. The van der Waals surface area contributed by atoms with E-state index in [2.05, 4.69) is 22.1 Å². The number of hydrogen-bond donors (Lipinski definition) is 1. The number of aromatic carboxylic acids is 1. The molecule has 19 heavy (non-hydrogen) atoms. The highest BCUT2D eigenvalue weighted by Crippen LogP contribution is 2.08. The van der Waals surface area contributed by atoms with Gasteiger partial charge in [0.25, 0.3) is 0 Å². The van der Waals surface area contributed by atoms with E-state index in [1.54, 1.807) is 0 Å². The number of nitrogens with zero attached hydrogens (tertiary/aromatic N) is 3. The zero-order chi connectivity index (χ0) is 13.7. The van der Waals surface area contributed by atoms with E-state index >= 15 is 0 Å². The number of likely N-dealkylation sites (N-methyl/N-ethyl adjacent to an activating group) is 1. The molecule has 0 spiro atoms. The average Bonchev–Trinajstić information content (AvgIpc) is 2.46. The Kier molecular flexibility index (Phi) is 4.07. The lowest BCUT2D eigenvalue weighted by Crippen LogP contribution is -2.21. The van der Waals surface area contributed by atoms with E-state index in [9.17, 15) is 4.79 Å².